The predicted octanol–water partition coefficient (Wildman–Crippen LogP) is 2.26. The Balaban J connectivity index is 1.73. The van der Waals surface area contributed by atoms with Crippen LogP contribution in [0.5, 0.6) is 0 Å². The Hall–Kier alpha value is -3.22. The largest absolute Gasteiger partial charge is 0.467 e. The van der Waals surface area contributed by atoms with Crippen LogP contribution in [0.15, 0.2) is 36.7 Å². The van der Waals surface area contributed by atoms with E-state index in [1.165, 1.54) is 24.4 Å². The first-order valence-electron chi connectivity index (χ1n) is 8.90. The van der Waals surface area contributed by atoms with Crippen LogP contribution in [0.2, 0.25) is 0 Å². The van der Waals surface area contributed by atoms with Crippen LogP contribution >= 0.6 is 0 Å². The molecule has 1 aromatic carbocycles. The zero-order valence-corrected chi connectivity index (χ0v) is 15.2. The molecule has 0 bridgehead atoms. The number of rotatable bonds is 3. The Kier molecular flexibility index (Phi) is 4.35. The monoisotopic (exact) mass is 364 g/mol. The third kappa shape index (κ3) is 2.95. The van der Waals surface area contributed by atoms with Crippen molar-refractivity contribution in [2.45, 2.75) is 32.4 Å². The van der Waals surface area contributed by atoms with Gasteiger partial charge in [-0.05, 0) is 11.6 Å². The van der Waals surface area contributed by atoms with E-state index in [0.29, 0.717) is 30.8 Å². The molecule has 0 spiro atoms. The number of ether oxygens (including phenoxy) is 1. The van der Waals surface area contributed by atoms with Crippen molar-refractivity contribution < 1.29 is 14.3 Å². The fourth-order valence-electron chi connectivity index (χ4n) is 3.58. The summed E-state index contributed by atoms with van der Waals surface area (Å²) in [7, 11) is 1.34. The fraction of sp³-hybridized carbons (Fsp3) is 0.300. The molecule has 0 aliphatic carbocycles. The molecule has 0 saturated heterocycles. The molecule has 2 aromatic heterocycles. The first kappa shape index (κ1) is 17.2. The van der Waals surface area contributed by atoms with Crippen LogP contribution < -0.4 is 0 Å². The number of methoxy groups -OCH3 is 1. The van der Waals surface area contributed by atoms with E-state index in [-0.39, 0.29) is 5.91 Å². The summed E-state index contributed by atoms with van der Waals surface area (Å²) < 4.78 is 4.97. The number of benzene rings is 1. The zero-order valence-electron chi connectivity index (χ0n) is 15.2. The maximum absolute atomic E-state index is 13.1. The topological polar surface area (TPSA) is 88.2 Å². The van der Waals surface area contributed by atoms with Gasteiger partial charge in [-0.15, -0.1) is 0 Å². The van der Waals surface area contributed by atoms with Gasteiger partial charge in [0.05, 0.1) is 19.2 Å². The molecule has 1 atom stereocenters. The van der Waals surface area contributed by atoms with E-state index in [4.69, 9.17) is 4.74 Å². The highest BCUT2D eigenvalue weighted by Gasteiger charge is 2.37. The minimum Gasteiger partial charge on any atom is -0.467 e. The number of hydrogen-bond donors (Lipinski definition) is 1. The predicted molar refractivity (Wildman–Crippen MR) is 99.1 cm³/mol. The molecule has 1 N–H and O–H groups in total. The fourth-order valence-corrected chi connectivity index (χ4v) is 3.58. The van der Waals surface area contributed by atoms with Gasteiger partial charge >= 0.3 is 5.97 Å². The minimum absolute atomic E-state index is 0.280. The van der Waals surface area contributed by atoms with Gasteiger partial charge in [-0.3, -0.25) is 4.79 Å². The number of carbonyl (C=O) groups excluding carboxylic acids is 2. The molecule has 7 nitrogen and oxygen atoms in total. The number of esters is 1. The summed E-state index contributed by atoms with van der Waals surface area (Å²) in [5, 5.41) is 1.07. The van der Waals surface area contributed by atoms with Crippen LogP contribution in [0.25, 0.3) is 10.9 Å². The summed E-state index contributed by atoms with van der Waals surface area (Å²) >= 11 is 0. The van der Waals surface area contributed by atoms with Crippen LogP contribution in [0.1, 0.15) is 34.4 Å². The lowest BCUT2D eigenvalue weighted by Crippen LogP contribution is -2.49. The summed E-state index contributed by atoms with van der Waals surface area (Å²) in [6.45, 7) is 2.25. The second-order valence-electron chi connectivity index (χ2n) is 6.55. The molecule has 0 fully saturated rings. The van der Waals surface area contributed by atoms with Crippen molar-refractivity contribution in [3.8, 4) is 0 Å². The molecule has 0 radical (unpaired) electrons. The van der Waals surface area contributed by atoms with Crippen molar-refractivity contribution in [3.63, 3.8) is 0 Å². The molecule has 138 valence electrons. The SMILES string of the molecule is CCc1ncc(C(=O)N2Cc3[nH]c4ccccc4c3C[C@H]2C(=O)OC)cn1. The molecule has 4 rings (SSSR count). The minimum atomic E-state index is -0.681. The van der Waals surface area contributed by atoms with E-state index in [2.05, 4.69) is 15.0 Å². The standard InChI is InChI=1S/C20H20N4O3/c1-3-18-21-9-12(10-22-18)19(25)24-11-16-14(8-17(24)20(26)27-2)13-6-4-5-7-15(13)23-16/h4-7,9-10,17,23H,3,8,11H2,1-2H3/t17-/m0/s1. The van der Waals surface area contributed by atoms with Gasteiger partial charge in [-0.2, -0.15) is 0 Å². The Bertz CT molecular complexity index is 1010. The number of H-pyrrole nitrogens is 1. The summed E-state index contributed by atoms with van der Waals surface area (Å²) in [5.41, 5.74) is 3.36. The third-order valence-electron chi connectivity index (χ3n) is 5.01. The number of aromatic amines is 1. The number of aromatic nitrogens is 3. The van der Waals surface area contributed by atoms with E-state index in [0.717, 1.165) is 22.2 Å². The lowest BCUT2D eigenvalue weighted by atomic mass is 9.96. The molecule has 1 aliphatic heterocycles. The molecular formula is C20H20N4O3. The maximum Gasteiger partial charge on any atom is 0.328 e. The summed E-state index contributed by atoms with van der Waals surface area (Å²) in [6, 6.07) is 7.25. The van der Waals surface area contributed by atoms with Gasteiger partial charge in [-0.1, -0.05) is 25.1 Å². The Morgan fingerprint density at radius 1 is 1.26 bits per heavy atom. The maximum atomic E-state index is 13.1. The average Bonchev–Trinajstić information content (AvgIpc) is 3.09. The van der Waals surface area contributed by atoms with Crippen LogP contribution in [-0.2, 0) is 28.9 Å². The molecule has 3 heterocycles. The number of aryl methyl sites for hydroxylation is 1. The van der Waals surface area contributed by atoms with E-state index >= 15 is 0 Å². The highest BCUT2D eigenvalue weighted by molar-refractivity contribution is 5.97. The number of hydrogen-bond acceptors (Lipinski definition) is 5. The van der Waals surface area contributed by atoms with E-state index in [1.807, 2.05) is 31.2 Å². The number of nitrogens with one attached hydrogen (secondary N) is 1. The quantitative estimate of drug-likeness (QED) is 0.720. The molecule has 0 unspecified atom stereocenters. The summed E-state index contributed by atoms with van der Waals surface area (Å²) in [6.07, 6.45) is 4.14. The van der Waals surface area contributed by atoms with Crippen molar-refractivity contribution in [3.05, 3.63) is 59.3 Å². The van der Waals surface area contributed by atoms with E-state index in [9.17, 15) is 9.59 Å². The smallest absolute Gasteiger partial charge is 0.328 e. The van der Waals surface area contributed by atoms with E-state index in [1.54, 1.807) is 0 Å². The van der Waals surface area contributed by atoms with Gasteiger partial charge in [-0.25, -0.2) is 14.8 Å². The second-order valence-corrected chi connectivity index (χ2v) is 6.55. The summed E-state index contributed by atoms with van der Waals surface area (Å²) in [4.78, 5) is 38.8. The molecule has 3 aromatic rings. The van der Waals surface area contributed by atoms with Crippen molar-refractivity contribution in [1.29, 1.82) is 0 Å². The molecular weight excluding hydrogens is 344 g/mol. The van der Waals surface area contributed by atoms with Crippen molar-refractivity contribution in [2.24, 2.45) is 0 Å². The number of carbonyl (C=O) groups is 2. The van der Waals surface area contributed by atoms with Crippen molar-refractivity contribution in [2.75, 3.05) is 7.11 Å². The lowest BCUT2D eigenvalue weighted by molar-refractivity contribution is -0.146. The molecule has 27 heavy (non-hydrogen) atoms. The van der Waals surface area contributed by atoms with Crippen LogP contribution in [-0.4, -0.2) is 44.9 Å². The zero-order chi connectivity index (χ0) is 19.0. The lowest BCUT2D eigenvalue weighted by Gasteiger charge is -2.33. The van der Waals surface area contributed by atoms with Gasteiger partial charge in [0.2, 0.25) is 0 Å². The Labute approximate surface area is 156 Å². The van der Waals surface area contributed by atoms with Gasteiger partial charge in [0, 0.05) is 41.8 Å². The number of para-hydroxylation sites is 1. The summed E-state index contributed by atoms with van der Waals surface area (Å²) in [5.74, 6) is -0.0321. The third-order valence-corrected chi connectivity index (χ3v) is 5.01. The highest BCUT2D eigenvalue weighted by Crippen LogP contribution is 2.31. The van der Waals surface area contributed by atoms with Crippen molar-refractivity contribution in [1.82, 2.24) is 19.9 Å². The average molecular weight is 364 g/mol. The number of nitrogens with zero attached hydrogens (tertiary/aromatic N) is 3. The first-order chi connectivity index (χ1) is 13.1. The molecule has 7 heteroatoms. The molecule has 0 saturated carbocycles. The van der Waals surface area contributed by atoms with Gasteiger partial charge in [0.1, 0.15) is 11.9 Å². The normalized spacial score (nSPS) is 16.2. The Morgan fingerprint density at radius 2 is 2.00 bits per heavy atom. The highest BCUT2D eigenvalue weighted by atomic mass is 16.5. The number of amides is 1. The molecule has 1 amide bonds. The van der Waals surface area contributed by atoms with E-state index < -0.39 is 12.0 Å². The van der Waals surface area contributed by atoms with Crippen molar-refractivity contribution >= 4 is 22.8 Å². The van der Waals surface area contributed by atoms with Crippen LogP contribution in [0, 0.1) is 0 Å². The van der Waals surface area contributed by atoms with Gasteiger partial charge < -0.3 is 14.6 Å². The Morgan fingerprint density at radius 3 is 2.70 bits per heavy atom. The molecule has 1 aliphatic rings. The van der Waals surface area contributed by atoms with Crippen LogP contribution in [0.3, 0.4) is 0 Å². The van der Waals surface area contributed by atoms with Crippen LogP contribution in [0.4, 0.5) is 0 Å². The number of fused-ring (bicyclic) bond motifs is 3. The second kappa shape index (κ2) is 6.83. The first-order valence-corrected chi connectivity index (χ1v) is 8.90. The van der Waals surface area contributed by atoms with Gasteiger partial charge in [0.25, 0.3) is 5.91 Å². The van der Waals surface area contributed by atoms with Gasteiger partial charge in [0.15, 0.2) is 0 Å².